The van der Waals surface area contributed by atoms with Gasteiger partial charge in [0.15, 0.2) is 20.9 Å². The largest absolute Gasteiger partial charge is 0.406 e. The Balaban J connectivity index is 1.60. The van der Waals surface area contributed by atoms with E-state index in [0.29, 0.717) is 13.2 Å². The Morgan fingerprint density at radius 1 is 0.939 bits per heavy atom. The molecule has 0 aliphatic carbocycles. The third-order valence-electron chi connectivity index (χ3n) is 6.90. The minimum Gasteiger partial charge on any atom is -0.406 e. The van der Waals surface area contributed by atoms with E-state index in [9.17, 15) is 5.11 Å². The lowest BCUT2D eigenvalue weighted by Crippen LogP contribution is -2.65. The molecule has 2 saturated heterocycles. The molecular formula is C26H36O6Si. The third-order valence-corrected chi connectivity index (χ3v) is 11.4. The van der Waals surface area contributed by atoms with Crippen LogP contribution < -0.4 is 0 Å². The first kappa shape index (κ1) is 24.5. The Morgan fingerprint density at radius 2 is 1.58 bits per heavy atom. The molecule has 6 atom stereocenters. The number of ether oxygens (including phenoxy) is 4. The van der Waals surface area contributed by atoms with Gasteiger partial charge < -0.3 is 28.5 Å². The number of benzene rings is 2. The standard InChI is InChI=1S/C26H36O6Si/c1-26(2,3)33(4,5)32-23-22(28-16-18-12-8-6-9-13-18)21-20(30-24(23)27)17-29-25(31-21)19-14-10-7-11-15-19/h6-15,20-25,27H,16-17H2,1-5H3/t20-,21-,22+,23+,24-,25?/m1/s1. The Bertz CT molecular complexity index is 885. The molecule has 0 spiro atoms. The number of hydrogen-bond acceptors (Lipinski definition) is 6. The van der Waals surface area contributed by atoms with Crippen LogP contribution >= 0.6 is 0 Å². The molecule has 2 heterocycles. The lowest BCUT2D eigenvalue weighted by Gasteiger charge is -2.50. The van der Waals surface area contributed by atoms with Gasteiger partial charge in [0.2, 0.25) is 0 Å². The van der Waals surface area contributed by atoms with Gasteiger partial charge in [0.05, 0.1) is 13.2 Å². The van der Waals surface area contributed by atoms with Gasteiger partial charge >= 0.3 is 0 Å². The van der Waals surface area contributed by atoms with E-state index in [0.717, 1.165) is 11.1 Å². The Morgan fingerprint density at radius 3 is 2.21 bits per heavy atom. The first-order valence-electron chi connectivity index (χ1n) is 11.6. The van der Waals surface area contributed by atoms with E-state index in [2.05, 4.69) is 33.9 Å². The first-order valence-corrected chi connectivity index (χ1v) is 14.6. The predicted octanol–water partition coefficient (Wildman–Crippen LogP) is 4.79. The van der Waals surface area contributed by atoms with E-state index in [4.69, 9.17) is 23.4 Å². The van der Waals surface area contributed by atoms with Crippen LogP contribution in [0.4, 0.5) is 0 Å². The highest BCUT2D eigenvalue weighted by atomic mass is 28.4. The van der Waals surface area contributed by atoms with Crippen molar-refractivity contribution in [2.75, 3.05) is 6.61 Å². The lowest BCUT2D eigenvalue weighted by atomic mass is 9.97. The summed E-state index contributed by atoms with van der Waals surface area (Å²) in [5.41, 5.74) is 1.98. The molecule has 180 valence electrons. The van der Waals surface area contributed by atoms with Gasteiger partial charge in [-0.3, -0.25) is 0 Å². The summed E-state index contributed by atoms with van der Waals surface area (Å²) >= 11 is 0. The topological polar surface area (TPSA) is 66.4 Å². The number of aliphatic hydroxyl groups is 1. The van der Waals surface area contributed by atoms with E-state index in [1.807, 2.05) is 60.7 Å². The molecule has 6 nitrogen and oxygen atoms in total. The van der Waals surface area contributed by atoms with Crippen LogP contribution in [0.3, 0.4) is 0 Å². The van der Waals surface area contributed by atoms with Crippen molar-refractivity contribution in [2.45, 2.75) is 82.5 Å². The second-order valence-corrected chi connectivity index (χ2v) is 15.1. The molecule has 33 heavy (non-hydrogen) atoms. The molecule has 2 aliphatic rings. The first-order chi connectivity index (χ1) is 15.7. The fourth-order valence-electron chi connectivity index (χ4n) is 3.94. The molecule has 2 aromatic rings. The van der Waals surface area contributed by atoms with Crippen molar-refractivity contribution in [3.05, 3.63) is 71.8 Å². The zero-order chi connectivity index (χ0) is 23.6. The summed E-state index contributed by atoms with van der Waals surface area (Å²) in [6.45, 7) is 11.5. The molecule has 7 heteroatoms. The molecule has 0 aromatic heterocycles. The van der Waals surface area contributed by atoms with Crippen molar-refractivity contribution >= 4 is 8.32 Å². The van der Waals surface area contributed by atoms with E-state index in [-0.39, 0.29) is 5.04 Å². The maximum Gasteiger partial charge on any atom is 0.192 e. The van der Waals surface area contributed by atoms with Gasteiger partial charge in [-0.25, -0.2) is 0 Å². The van der Waals surface area contributed by atoms with Crippen LogP contribution in [-0.2, 0) is 30.0 Å². The Hall–Kier alpha value is -1.58. The maximum absolute atomic E-state index is 11.0. The molecule has 0 saturated carbocycles. The van der Waals surface area contributed by atoms with E-state index < -0.39 is 45.3 Å². The second kappa shape index (κ2) is 9.96. The molecule has 2 fully saturated rings. The van der Waals surface area contributed by atoms with Crippen LogP contribution in [0.2, 0.25) is 18.1 Å². The smallest absolute Gasteiger partial charge is 0.192 e. The zero-order valence-corrected chi connectivity index (χ0v) is 21.1. The molecule has 0 bridgehead atoms. The summed E-state index contributed by atoms with van der Waals surface area (Å²) in [6, 6.07) is 19.8. The normalized spacial score (nSPS) is 30.6. The summed E-state index contributed by atoms with van der Waals surface area (Å²) in [5, 5.41) is 10.9. The van der Waals surface area contributed by atoms with Gasteiger partial charge in [0.25, 0.3) is 0 Å². The minimum absolute atomic E-state index is 0.0311. The summed E-state index contributed by atoms with van der Waals surface area (Å²) in [7, 11) is -2.23. The number of aliphatic hydroxyl groups excluding tert-OH is 1. The number of hydrogen-bond donors (Lipinski definition) is 1. The van der Waals surface area contributed by atoms with Crippen LogP contribution in [0.1, 0.15) is 38.2 Å². The summed E-state index contributed by atoms with van der Waals surface area (Å²) in [4.78, 5) is 0. The lowest BCUT2D eigenvalue weighted by molar-refractivity contribution is -0.358. The van der Waals surface area contributed by atoms with Crippen LogP contribution in [0, 0.1) is 0 Å². The van der Waals surface area contributed by atoms with Gasteiger partial charge in [0.1, 0.15) is 24.4 Å². The average Bonchev–Trinajstić information content (AvgIpc) is 2.79. The predicted molar refractivity (Wildman–Crippen MR) is 128 cm³/mol. The summed E-state index contributed by atoms with van der Waals surface area (Å²) in [5.74, 6) is 0. The third kappa shape index (κ3) is 5.57. The summed E-state index contributed by atoms with van der Waals surface area (Å²) < 4.78 is 31.4. The summed E-state index contributed by atoms with van der Waals surface area (Å²) in [6.07, 6.45) is -3.70. The molecule has 2 aromatic carbocycles. The zero-order valence-electron chi connectivity index (χ0n) is 20.1. The molecule has 1 unspecified atom stereocenters. The SMILES string of the molecule is CC(C)(C)[Si](C)(C)O[C@H]1[C@@H](OCc2ccccc2)[C@@H]2OC(c3ccccc3)OC[C@H]2O[C@H]1O. The van der Waals surface area contributed by atoms with E-state index in [1.165, 1.54) is 0 Å². The van der Waals surface area contributed by atoms with Crippen molar-refractivity contribution in [1.29, 1.82) is 0 Å². The van der Waals surface area contributed by atoms with Crippen LogP contribution in [0.15, 0.2) is 60.7 Å². The highest BCUT2D eigenvalue weighted by Gasteiger charge is 2.53. The van der Waals surface area contributed by atoms with Crippen molar-refractivity contribution in [1.82, 2.24) is 0 Å². The monoisotopic (exact) mass is 472 g/mol. The van der Waals surface area contributed by atoms with E-state index >= 15 is 0 Å². The minimum atomic E-state index is -2.23. The van der Waals surface area contributed by atoms with Gasteiger partial charge in [-0.1, -0.05) is 81.4 Å². The van der Waals surface area contributed by atoms with Gasteiger partial charge in [-0.2, -0.15) is 0 Å². The average molecular weight is 473 g/mol. The van der Waals surface area contributed by atoms with Crippen LogP contribution in [-0.4, -0.2) is 50.7 Å². The number of rotatable bonds is 6. The Kier molecular flexibility index (Phi) is 7.40. The fourth-order valence-corrected chi connectivity index (χ4v) is 5.23. The second-order valence-electron chi connectivity index (χ2n) is 10.3. The molecule has 0 radical (unpaired) electrons. The molecule has 4 rings (SSSR count). The number of fused-ring (bicyclic) bond motifs is 1. The highest BCUT2D eigenvalue weighted by molar-refractivity contribution is 6.74. The van der Waals surface area contributed by atoms with E-state index in [1.54, 1.807) is 0 Å². The highest BCUT2D eigenvalue weighted by Crippen LogP contribution is 2.41. The molecule has 0 amide bonds. The van der Waals surface area contributed by atoms with Crippen LogP contribution in [0.5, 0.6) is 0 Å². The van der Waals surface area contributed by atoms with Gasteiger partial charge in [-0.05, 0) is 23.7 Å². The van der Waals surface area contributed by atoms with Crippen molar-refractivity contribution in [3.63, 3.8) is 0 Å². The molecule has 1 N–H and O–H groups in total. The maximum atomic E-state index is 11.0. The van der Waals surface area contributed by atoms with Gasteiger partial charge in [-0.15, -0.1) is 0 Å². The van der Waals surface area contributed by atoms with Crippen LogP contribution in [0.25, 0.3) is 0 Å². The quantitative estimate of drug-likeness (QED) is 0.610. The van der Waals surface area contributed by atoms with Crippen molar-refractivity contribution < 1.29 is 28.5 Å². The van der Waals surface area contributed by atoms with Gasteiger partial charge in [0, 0.05) is 5.56 Å². The Labute approximate surface area is 197 Å². The molecule has 2 aliphatic heterocycles. The van der Waals surface area contributed by atoms with Crippen molar-refractivity contribution in [2.24, 2.45) is 0 Å². The van der Waals surface area contributed by atoms with Crippen molar-refractivity contribution in [3.8, 4) is 0 Å². The molecular weight excluding hydrogens is 436 g/mol. The fraction of sp³-hybridized carbons (Fsp3) is 0.538.